The van der Waals surface area contributed by atoms with Gasteiger partial charge in [-0.15, -0.1) is 0 Å². The van der Waals surface area contributed by atoms with Crippen molar-refractivity contribution in [3.63, 3.8) is 0 Å². The molecule has 1 saturated heterocycles. The predicted molar refractivity (Wildman–Crippen MR) is 82.5 cm³/mol. The molecule has 1 unspecified atom stereocenters. The molecule has 2 rings (SSSR count). The Morgan fingerprint density at radius 1 is 1.38 bits per heavy atom. The summed E-state index contributed by atoms with van der Waals surface area (Å²) in [6.45, 7) is 10.7. The second-order valence-corrected chi connectivity index (χ2v) is 5.77. The van der Waals surface area contributed by atoms with Crippen molar-refractivity contribution in [3.05, 3.63) is 17.5 Å². The number of hydrogen-bond acceptors (Lipinski definition) is 5. The first-order chi connectivity index (χ1) is 10.1. The topological polar surface area (TPSA) is 62.5 Å². The van der Waals surface area contributed by atoms with E-state index in [-0.39, 0.29) is 6.10 Å². The first-order valence-electron chi connectivity index (χ1n) is 7.85. The molecule has 6 nitrogen and oxygen atoms in total. The number of morpholine rings is 1. The van der Waals surface area contributed by atoms with Crippen molar-refractivity contribution in [2.45, 2.75) is 32.9 Å². The summed E-state index contributed by atoms with van der Waals surface area (Å²) < 4.78 is 7.34. The number of nitrogens with zero attached hydrogens (tertiary/aromatic N) is 3. The van der Waals surface area contributed by atoms with Gasteiger partial charge in [-0.05, 0) is 32.9 Å². The highest BCUT2D eigenvalue weighted by Crippen LogP contribution is 2.02. The van der Waals surface area contributed by atoms with E-state index in [0.29, 0.717) is 6.54 Å². The quantitative estimate of drug-likeness (QED) is 0.670. The molecule has 0 aromatic carbocycles. The van der Waals surface area contributed by atoms with E-state index in [2.05, 4.69) is 28.3 Å². The van der Waals surface area contributed by atoms with Crippen LogP contribution in [0.3, 0.4) is 0 Å². The van der Waals surface area contributed by atoms with Crippen LogP contribution in [0.2, 0.25) is 0 Å². The Hall–Kier alpha value is -0.950. The maximum Gasteiger partial charge on any atom is 0.0791 e. The molecule has 1 aliphatic rings. The lowest BCUT2D eigenvalue weighted by Gasteiger charge is -2.28. The SMILES string of the molecule is Cc1cc(C)n(CCCNCC(O)CN2CCOCC2)n1. The van der Waals surface area contributed by atoms with E-state index in [0.717, 1.165) is 58.1 Å². The fourth-order valence-corrected chi connectivity index (χ4v) is 2.67. The van der Waals surface area contributed by atoms with Crippen molar-refractivity contribution < 1.29 is 9.84 Å². The minimum absolute atomic E-state index is 0.309. The lowest BCUT2D eigenvalue weighted by molar-refractivity contribution is 0.0149. The highest BCUT2D eigenvalue weighted by Gasteiger charge is 2.14. The number of rotatable bonds is 8. The van der Waals surface area contributed by atoms with E-state index in [4.69, 9.17) is 4.74 Å². The Morgan fingerprint density at radius 3 is 2.81 bits per heavy atom. The zero-order chi connectivity index (χ0) is 15.1. The number of aliphatic hydroxyl groups excluding tert-OH is 1. The Bertz CT molecular complexity index is 416. The highest BCUT2D eigenvalue weighted by atomic mass is 16.5. The molecule has 6 heteroatoms. The Morgan fingerprint density at radius 2 is 2.14 bits per heavy atom. The fourth-order valence-electron chi connectivity index (χ4n) is 2.67. The normalized spacial score (nSPS) is 18.0. The van der Waals surface area contributed by atoms with E-state index in [1.807, 2.05) is 11.6 Å². The molecule has 1 aliphatic heterocycles. The molecule has 2 heterocycles. The molecule has 1 aromatic rings. The van der Waals surface area contributed by atoms with Crippen LogP contribution >= 0.6 is 0 Å². The van der Waals surface area contributed by atoms with Crippen LogP contribution in [0.4, 0.5) is 0 Å². The zero-order valence-electron chi connectivity index (χ0n) is 13.2. The maximum atomic E-state index is 10.0. The summed E-state index contributed by atoms with van der Waals surface area (Å²) in [5.41, 5.74) is 2.28. The first kappa shape index (κ1) is 16.4. The van der Waals surface area contributed by atoms with E-state index in [1.54, 1.807) is 0 Å². The average Bonchev–Trinajstić information content (AvgIpc) is 2.78. The maximum absolute atomic E-state index is 10.0. The van der Waals surface area contributed by atoms with Crippen molar-refractivity contribution in [3.8, 4) is 0 Å². The number of aryl methyl sites for hydroxylation is 3. The third-order valence-electron chi connectivity index (χ3n) is 3.78. The van der Waals surface area contributed by atoms with Gasteiger partial charge in [0.05, 0.1) is 25.0 Å². The van der Waals surface area contributed by atoms with Crippen molar-refractivity contribution >= 4 is 0 Å². The minimum atomic E-state index is -0.309. The van der Waals surface area contributed by atoms with Crippen LogP contribution in [-0.4, -0.2) is 71.8 Å². The Labute approximate surface area is 127 Å². The Kier molecular flexibility index (Phi) is 6.63. The zero-order valence-corrected chi connectivity index (χ0v) is 13.2. The standard InChI is InChI=1S/C15H28N4O2/c1-13-10-14(2)19(17-13)5-3-4-16-11-15(20)12-18-6-8-21-9-7-18/h10,15-16,20H,3-9,11-12H2,1-2H3. The van der Waals surface area contributed by atoms with Gasteiger partial charge < -0.3 is 15.2 Å². The molecule has 0 amide bonds. The molecule has 2 N–H and O–H groups in total. The molecule has 21 heavy (non-hydrogen) atoms. The van der Waals surface area contributed by atoms with Gasteiger partial charge in [0.15, 0.2) is 0 Å². The van der Waals surface area contributed by atoms with Gasteiger partial charge in [0.25, 0.3) is 0 Å². The average molecular weight is 296 g/mol. The molecule has 1 atom stereocenters. The van der Waals surface area contributed by atoms with Gasteiger partial charge in [-0.2, -0.15) is 5.10 Å². The van der Waals surface area contributed by atoms with Crippen LogP contribution in [0, 0.1) is 13.8 Å². The van der Waals surface area contributed by atoms with Crippen molar-refractivity contribution in [1.82, 2.24) is 20.0 Å². The van der Waals surface area contributed by atoms with Crippen LogP contribution < -0.4 is 5.32 Å². The lowest BCUT2D eigenvalue weighted by Crippen LogP contribution is -2.43. The molecule has 1 fully saturated rings. The van der Waals surface area contributed by atoms with Crippen molar-refractivity contribution in [1.29, 1.82) is 0 Å². The molecule has 0 spiro atoms. The fraction of sp³-hybridized carbons (Fsp3) is 0.800. The Balaban J connectivity index is 1.53. The van der Waals surface area contributed by atoms with Crippen LogP contribution in [0.25, 0.3) is 0 Å². The number of hydrogen-bond donors (Lipinski definition) is 2. The van der Waals surface area contributed by atoms with Crippen LogP contribution in [0.1, 0.15) is 17.8 Å². The van der Waals surface area contributed by atoms with Crippen LogP contribution in [0.5, 0.6) is 0 Å². The van der Waals surface area contributed by atoms with Crippen LogP contribution in [-0.2, 0) is 11.3 Å². The summed E-state index contributed by atoms with van der Waals surface area (Å²) >= 11 is 0. The molecule has 0 radical (unpaired) electrons. The van der Waals surface area contributed by atoms with E-state index in [1.165, 1.54) is 5.69 Å². The molecule has 1 aromatic heterocycles. The van der Waals surface area contributed by atoms with Gasteiger partial charge in [-0.25, -0.2) is 0 Å². The summed E-state index contributed by atoms with van der Waals surface area (Å²) in [6, 6.07) is 2.10. The highest BCUT2D eigenvalue weighted by molar-refractivity contribution is 5.06. The summed E-state index contributed by atoms with van der Waals surface area (Å²) in [7, 11) is 0. The molecule has 0 aliphatic carbocycles. The smallest absolute Gasteiger partial charge is 0.0791 e. The molecular formula is C15H28N4O2. The predicted octanol–water partition coefficient (Wildman–Crippen LogP) is 0.173. The van der Waals surface area contributed by atoms with Gasteiger partial charge in [-0.1, -0.05) is 0 Å². The third kappa shape index (κ3) is 5.74. The van der Waals surface area contributed by atoms with Gasteiger partial charge in [0.1, 0.15) is 0 Å². The second-order valence-electron chi connectivity index (χ2n) is 5.77. The third-order valence-corrected chi connectivity index (χ3v) is 3.78. The van der Waals surface area contributed by atoms with Gasteiger partial charge >= 0.3 is 0 Å². The molecular weight excluding hydrogens is 268 g/mol. The monoisotopic (exact) mass is 296 g/mol. The lowest BCUT2D eigenvalue weighted by atomic mass is 10.3. The first-order valence-corrected chi connectivity index (χ1v) is 7.85. The molecule has 120 valence electrons. The van der Waals surface area contributed by atoms with Gasteiger partial charge in [0, 0.05) is 38.4 Å². The van der Waals surface area contributed by atoms with E-state index >= 15 is 0 Å². The van der Waals surface area contributed by atoms with Crippen LogP contribution in [0.15, 0.2) is 6.07 Å². The largest absolute Gasteiger partial charge is 0.390 e. The summed E-state index contributed by atoms with van der Waals surface area (Å²) in [4.78, 5) is 2.26. The number of ether oxygens (including phenoxy) is 1. The number of β-amino-alcohol motifs (C(OH)–C–C–N with tert-alkyl or cyclic N) is 1. The number of aromatic nitrogens is 2. The second kappa shape index (κ2) is 8.48. The molecule has 0 saturated carbocycles. The van der Waals surface area contributed by atoms with Crippen molar-refractivity contribution in [2.75, 3.05) is 45.9 Å². The number of nitrogens with one attached hydrogen (secondary N) is 1. The van der Waals surface area contributed by atoms with Gasteiger partial charge in [-0.3, -0.25) is 9.58 Å². The van der Waals surface area contributed by atoms with E-state index in [9.17, 15) is 5.11 Å². The van der Waals surface area contributed by atoms with Gasteiger partial charge in [0.2, 0.25) is 0 Å². The summed E-state index contributed by atoms with van der Waals surface area (Å²) in [5, 5.41) is 17.8. The minimum Gasteiger partial charge on any atom is -0.390 e. The van der Waals surface area contributed by atoms with E-state index < -0.39 is 0 Å². The number of aliphatic hydroxyl groups is 1. The summed E-state index contributed by atoms with van der Waals surface area (Å²) in [6.07, 6.45) is 0.712. The van der Waals surface area contributed by atoms with Crippen molar-refractivity contribution in [2.24, 2.45) is 0 Å². The summed E-state index contributed by atoms with van der Waals surface area (Å²) in [5.74, 6) is 0. The molecule has 0 bridgehead atoms.